The summed E-state index contributed by atoms with van der Waals surface area (Å²) in [6.45, 7) is 3.04. The van der Waals surface area contributed by atoms with Gasteiger partial charge in [-0.2, -0.15) is 5.26 Å². The third kappa shape index (κ3) is 5.71. The fourth-order valence-electron chi connectivity index (χ4n) is 3.45. The lowest BCUT2D eigenvalue weighted by Gasteiger charge is -2.28. The largest absolute Gasteiger partial charge is 0.483 e. The van der Waals surface area contributed by atoms with Crippen LogP contribution in [0.4, 0.5) is 5.69 Å². The number of nitrogens with zero attached hydrogens (tertiary/aromatic N) is 1. The van der Waals surface area contributed by atoms with Gasteiger partial charge in [0, 0.05) is 20.7 Å². The molecule has 1 aliphatic heterocycles. The minimum Gasteiger partial charge on any atom is -0.483 e. The lowest BCUT2D eigenvalue weighted by atomic mass is 9.82. The second-order valence-corrected chi connectivity index (χ2v) is 8.50. The number of allylic oxidation sites excluding steroid dienone is 2. The van der Waals surface area contributed by atoms with Crippen molar-refractivity contribution in [1.29, 1.82) is 5.26 Å². The van der Waals surface area contributed by atoms with Gasteiger partial charge in [-0.05, 0) is 50.2 Å². The number of rotatable bonds is 7. The number of carbonyl (C=O) groups is 2. The fourth-order valence-corrected chi connectivity index (χ4v) is 4.02. The highest BCUT2D eigenvalue weighted by Crippen LogP contribution is 2.43. The molecule has 0 saturated carbocycles. The molecule has 8 nitrogen and oxygen atoms in total. The average Bonchev–Trinajstić information content (AvgIpc) is 2.78. The van der Waals surface area contributed by atoms with Crippen molar-refractivity contribution in [3.8, 4) is 11.8 Å². The highest BCUT2D eigenvalue weighted by Gasteiger charge is 2.38. The van der Waals surface area contributed by atoms with Gasteiger partial charge in [0.15, 0.2) is 6.61 Å². The van der Waals surface area contributed by atoms with E-state index in [1.165, 1.54) is 0 Å². The van der Waals surface area contributed by atoms with E-state index < -0.39 is 17.8 Å². The van der Waals surface area contributed by atoms with E-state index in [-0.39, 0.29) is 41.8 Å². The Labute approximate surface area is 210 Å². The third-order valence-electron chi connectivity index (χ3n) is 4.85. The Morgan fingerprint density at radius 2 is 2.06 bits per heavy atom. The van der Waals surface area contributed by atoms with Crippen LogP contribution in [-0.2, 0) is 19.1 Å². The van der Waals surface area contributed by atoms with Crippen molar-refractivity contribution in [3.05, 3.63) is 80.3 Å². The summed E-state index contributed by atoms with van der Waals surface area (Å²) in [5.74, 6) is -1.61. The van der Waals surface area contributed by atoms with E-state index >= 15 is 0 Å². The summed E-state index contributed by atoms with van der Waals surface area (Å²) in [5, 5.41) is 13.0. The lowest BCUT2D eigenvalue weighted by molar-refractivity contribution is -0.139. The second-order valence-electron chi connectivity index (χ2n) is 7.14. The maximum atomic E-state index is 12.8. The molecule has 176 valence electrons. The van der Waals surface area contributed by atoms with Crippen LogP contribution >= 0.6 is 27.5 Å². The summed E-state index contributed by atoms with van der Waals surface area (Å²) in [5.41, 5.74) is 7.09. The number of halogens is 2. The van der Waals surface area contributed by atoms with E-state index in [0.717, 1.165) is 0 Å². The molecule has 1 amide bonds. The standard InChI is InChI=1S/C24H21BrClN3O5/c1-3-32-24(31)21-13(2)34-23(28)18(11-27)22(21)17-9-14(25)7-8-19(17)33-12-20(30)29-16-6-4-5-15(26)10-16/h4-10,22H,3,12,28H2,1-2H3,(H,29,30). The number of ether oxygens (including phenoxy) is 3. The van der Waals surface area contributed by atoms with Crippen LogP contribution in [0.15, 0.2) is 69.7 Å². The SMILES string of the molecule is CCOC(=O)C1=C(C)OC(N)=C(C#N)C1c1cc(Br)ccc1OCC(=O)Nc1cccc(Cl)c1. The van der Waals surface area contributed by atoms with Gasteiger partial charge in [-0.25, -0.2) is 4.79 Å². The Bertz CT molecular complexity index is 1240. The Balaban J connectivity index is 1.95. The van der Waals surface area contributed by atoms with Crippen molar-refractivity contribution in [3.63, 3.8) is 0 Å². The van der Waals surface area contributed by atoms with Gasteiger partial charge in [0.05, 0.1) is 18.1 Å². The summed E-state index contributed by atoms with van der Waals surface area (Å²) in [6.07, 6.45) is 0. The summed E-state index contributed by atoms with van der Waals surface area (Å²) >= 11 is 9.37. The predicted molar refractivity (Wildman–Crippen MR) is 130 cm³/mol. The summed E-state index contributed by atoms with van der Waals surface area (Å²) in [4.78, 5) is 25.3. The number of carbonyl (C=O) groups excluding carboxylic acids is 2. The molecule has 34 heavy (non-hydrogen) atoms. The molecule has 1 aliphatic rings. The zero-order chi connectivity index (χ0) is 24.8. The topological polar surface area (TPSA) is 124 Å². The summed E-state index contributed by atoms with van der Waals surface area (Å²) < 4.78 is 17.1. The normalized spacial score (nSPS) is 15.3. The molecule has 0 aliphatic carbocycles. The molecule has 3 N–H and O–H groups in total. The van der Waals surface area contributed by atoms with Crippen LogP contribution in [0.1, 0.15) is 25.3 Å². The van der Waals surface area contributed by atoms with Crippen LogP contribution in [0, 0.1) is 11.3 Å². The van der Waals surface area contributed by atoms with Crippen LogP contribution < -0.4 is 15.8 Å². The first-order valence-corrected chi connectivity index (χ1v) is 11.3. The van der Waals surface area contributed by atoms with Gasteiger partial charge in [0.2, 0.25) is 5.88 Å². The third-order valence-corrected chi connectivity index (χ3v) is 5.58. The smallest absolute Gasteiger partial charge is 0.338 e. The van der Waals surface area contributed by atoms with E-state index in [9.17, 15) is 14.9 Å². The number of nitriles is 1. The number of amides is 1. The second kappa shape index (κ2) is 11.1. The van der Waals surface area contributed by atoms with E-state index in [2.05, 4.69) is 21.2 Å². The van der Waals surface area contributed by atoms with E-state index in [1.807, 2.05) is 6.07 Å². The minimum absolute atomic E-state index is 0.0278. The number of hydrogen-bond donors (Lipinski definition) is 2. The number of benzene rings is 2. The maximum absolute atomic E-state index is 12.8. The van der Waals surface area contributed by atoms with Gasteiger partial charge < -0.3 is 25.3 Å². The van der Waals surface area contributed by atoms with Gasteiger partial charge in [-0.3, -0.25) is 4.79 Å². The number of hydrogen-bond acceptors (Lipinski definition) is 7. The van der Waals surface area contributed by atoms with E-state index in [1.54, 1.807) is 56.3 Å². The molecule has 0 radical (unpaired) electrons. The molecule has 10 heteroatoms. The van der Waals surface area contributed by atoms with Crippen molar-refractivity contribution < 1.29 is 23.8 Å². The van der Waals surface area contributed by atoms with Crippen LogP contribution in [0.25, 0.3) is 0 Å². The quantitative estimate of drug-likeness (QED) is 0.480. The summed E-state index contributed by atoms with van der Waals surface area (Å²) in [7, 11) is 0. The van der Waals surface area contributed by atoms with Crippen molar-refractivity contribution in [1.82, 2.24) is 0 Å². The van der Waals surface area contributed by atoms with Crippen molar-refractivity contribution in [2.24, 2.45) is 5.73 Å². The Morgan fingerprint density at radius 1 is 1.29 bits per heavy atom. The molecule has 0 bridgehead atoms. The lowest BCUT2D eigenvalue weighted by Crippen LogP contribution is -2.26. The molecule has 0 spiro atoms. The van der Waals surface area contributed by atoms with Crippen molar-refractivity contribution >= 4 is 45.1 Å². The predicted octanol–water partition coefficient (Wildman–Crippen LogP) is 4.76. The zero-order valence-electron chi connectivity index (χ0n) is 18.4. The monoisotopic (exact) mass is 545 g/mol. The van der Waals surface area contributed by atoms with Gasteiger partial charge in [-0.1, -0.05) is 33.6 Å². The first-order valence-electron chi connectivity index (χ1n) is 10.2. The fraction of sp³-hybridized carbons (Fsp3) is 0.208. The molecule has 0 aromatic heterocycles. The van der Waals surface area contributed by atoms with Crippen LogP contribution in [0.5, 0.6) is 5.75 Å². The van der Waals surface area contributed by atoms with Crippen LogP contribution in [0.2, 0.25) is 5.02 Å². The molecular formula is C24H21BrClN3O5. The minimum atomic E-state index is -0.915. The van der Waals surface area contributed by atoms with E-state index in [0.29, 0.717) is 20.7 Å². The molecule has 1 heterocycles. The molecule has 0 fully saturated rings. The Hall–Kier alpha value is -3.48. The van der Waals surface area contributed by atoms with Crippen LogP contribution in [-0.4, -0.2) is 25.1 Å². The van der Waals surface area contributed by atoms with Crippen molar-refractivity contribution in [2.75, 3.05) is 18.5 Å². The molecule has 0 saturated heterocycles. The maximum Gasteiger partial charge on any atom is 0.338 e. The zero-order valence-corrected chi connectivity index (χ0v) is 20.7. The molecule has 1 atom stereocenters. The van der Waals surface area contributed by atoms with Crippen LogP contribution in [0.3, 0.4) is 0 Å². The summed E-state index contributed by atoms with van der Waals surface area (Å²) in [6, 6.07) is 13.8. The highest BCUT2D eigenvalue weighted by atomic mass is 79.9. The number of esters is 1. The molecular weight excluding hydrogens is 526 g/mol. The molecule has 2 aromatic carbocycles. The Morgan fingerprint density at radius 3 is 2.74 bits per heavy atom. The van der Waals surface area contributed by atoms with Gasteiger partial charge in [0.1, 0.15) is 23.2 Å². The molecule has 3 rings (SSSR count). The van der Waals surface area contributed by atoms with Gasteiger partial charge in [0.25, 0.3) is 5.91 Å². The number of nitrogens with one attached hydrogen (secondary N) is 1. The average molecular weight is 547 g/mol. The first kappa shape index (κ1) is 25.1. The molecule has 1 unspecified atom stereocenters. The molecule has 2 aromatic rings. The van der Waals surface area contributed by atoms with Gasteiger partial charge >= 0.3 is 5.97 Å². The van der Waals surface area contributed by atoms with E-state index in [4.69, 9.17) is 31.5 Å². The van der Waals surface area contributed by atoms with Crippen molar-refractivity contribution in [2.45, 2.75) is 19.8 Å². The Kier molecular flexibility index (Phi) is 8.21. The number of anilines is 1. The first-order chi connectivity index (χ1) is 16.2. The number of nitrogens with two attached hydrogens (primary N) is 1. The highest BCUT2D eigenvalue weighted by molar-refractivity contribution is 9.10. The van der Waals surface area contributed by atoms with Gasteiger partial charge in [-0.15, -0.1) is 0 Å².